The molecule has 3 nitrogen and oxygen atoms in total. The van der Waals surface area contributed by atoms with Gasteiger partial charge in [-0.15, -0.1) is 11.3 Å². The molecule has 2 N–H and O–H groups in total. The van der Waals surface area contributed by atoms with E-state index in [1.54, 1.807) is 11.3 Å². The van der Waals surface area contributed by atoms with Gasteiger partial charge in [0.2, 0.25) is 0 Å². The first-order valence-corrected chi connectivity index (χ1v) is 6.29. The fraction of sp³-hybridized carbons (Fsp3) is 0.333. The van der Waals surface area contributed by atoms with Crippen molar-refractivity contribution in [2.45, 2.75) is 6.92 Å². The van der Waals surface area contributed by atoms with Gasteiger partial charge in [0.25, 0.3) is 0 Å². The van der Waals surface area contributed by atoms with Gasteiger partial charge in [-0.25, -0.2) is 0 Å². The SMILES string of the molecule is CNCCN1C=CC=C(c2cc(C)cs2)N1. The molecule has 0 spiro atoms. The van der Waals surface area contributed by atoms with Gasteiger partial charge in [0.1, 0.15) is 0 Å². The fourth-order valence-electron chi connectivity index (χ4n) is 1.54. The Morgan fingerprint density at radius 1 is 1.50 bits per heavy atom. The number of rotatable bonds is 4. The number of nitrogens with one attached hydrogen (secondary N) is 2. The fourth-order valence-corrected chi connectivity index (χ4v) is 2.42. The molecule has 0 saturated carbocycles. The number of nitrogens with zero attached hydrogens (tertiary/aromatic N) is 1. The average molecular weight is 235 g/mol. The Balaban J connectivity index is 2.02. The maximum absolute atomic E-state index is 3.40. The largest absolute Gasteiger partial charge is 0.318 e. The van der Waals surface area contributed by atoms with Crippen molar-refractivity contribution in [1.29, 1.82) is 0 Å². The number of hydrazine groups is 1. The van der Waals surface area contributed by atoms with Crippen LogP contribution >= 0.6 is 11.3 Å². The Morgan fingerprint density at radius 2 is 2.38 bits per heavy atom. The van der Waals surface area contributed by atoms with E-state index >= 15 is 0 Å². The highest BCUT2D eigenvalue weighted by atomic mass is 32.1. The van der Waals surface area contributed by atoms with E-state index < -0.39 is 0 Å². The molecule has 0 bridgehead atoms. The van der Waals surface area contributed by atoms with Gasteiger partial charge in [-0.1, -0.05) is 0 Å². The molecule has 0 radical (unpaired) electrons. The van der Waals surface area contributed by atoms with Crippen LogP contribution in [0.3, 0.4) is 0 Å². The molecular formula is C12H17N3S. The molecular weight excluding hydrogens is 218 g/mol. The first-order chi connectivity index (χ1) is 7.79. The van der Waals surface area contributed by atoms with Crippen LogP contribution < -0.4 is 10.7 Å². The maximum atomic E-state index is 3.40. The lowest BCUT2D eigenvalue weighted by molar-refractivity contribution is 0.323. The minimum Gasteiger partial charge on any atom is -0.318 e. The van der Waals surface area contributed by atoms with Crippen LogP contribution in [0.4, 0.5) is 0 Å². The molecule has 0 fully saturated rings. The van der Waals surface area contributed by atoms with Crippen LogP contribution in [-0.2, 0) is 0 Å². The molecule has 0 atom stereocenters. The van der Waals surface area contributed by atoms with Crippen LogP contribution in [0.15, 0.2) is 29.8 Å². The van der Waals surface area contributed by atoms with Crippen molar-refractivity contribution in [3.63, 3.8) is 0 Å². The molecule has 1 aliphatic rings. The van der Waals surface area contributed by atoms with E-state index in [4.69, 9.17) is 0 Å². The molecule has 1 aromatic heterocycles. The molecule has 2 heterocycles. The van der Waals surface area contributed by atoms with Crippen LogP contribution in [0.5, 0.6) is 0 Å². The first kappa shape index (κ1) is 11.2. The third kappa shape index (κ3) is 2.65. The topological polar surface area (TPSA) is 27.3 Å². The third-order valence-corrected chi connectivity index (χ3v) is 3.47. The van der Waals surface area contributed by atoms with Gasteiger partial charge in [-0.2, -0.15) is 0 Å². The smallest absolute Gasteiger partial charge is 0.0714 e. The van der Waals surface area contributed by atoms with Gasteiger partial charge in [-0.05, 0) is 43.1 Å². The molecule has 1 aliphatic heterocycles. The first-order valence-electron chi connectivity index (χ1n) is 5.41. The summed E-state index contributed by atoms with van der Waals surface area (Å²) in [6.07, 6.45) is 6.25. The number of aryl methyl sites for hydroxylation is 1. The lowest BCUT2D eigenvalue weighted by Crippen LogP contribution is -2.37. The summed E-state index contributed by atoms with van der Waals surface area (Å²) in [5, 5.41) is 7.41. The predicted molar refractivity (Wildman–Crippen MR) is 69.9 cm³/mol. The average Bonchev–Trinajstić information content (AvgIpc) is 2.74. The van der Waals surface area contributed by atoms with Gasteiger partial charge in [0, 0.05) is 12.7 Å². The van der Waals surface area contributed by atoms with Crippen LogP contribution in [0.25, 0.3) is 5.70 Å². The van der Waals surface area contributed by atoms with E-state index in [0.29, 0.717) is 0 Å². The Morgan fingerprint density at radius 3 is 3.06 bits per heavy atom. The molecule has 86 valence electrons. The Kier molecular flexibility index (Phi) is 3.64. The Hall–Kier alpha value is -1.26. The van der Waals surface area contributed by atoms with Crippen LogP contribution in [0.1, 0.15) is 10.4 Å². The second-order valence-electron chi connectivity index (χ2n) is 3.82. The van der Waals surface area contributed by atoms with Crippen molar-refractivity contribution in [3.8, 4) is 0 Å². The van der Waals surface area contributed by atoms with Gasteiger partial charge >= 0.3 is 0 Å². The van der Waals surface area contributed by atoms with Crippen molar-refractivity contribution >= 4 is 17.0 Å². The maximum Gasteiger partial charge on any atom is 0.0714 e. The minimum atomic E-state index is 0.953. The lowest BCUT2D eigenvalue weighted by Gasteiger charge is -2.26. The normalized spacial score (nSPS) is 14.9. The zero-order chi connectivity index (χ0) is 11.4. The number of thiophene rings is 1. The standard InChI is InChI=1S/C12H17N3S/c1-10-8-12(16-9-10)11-4-3-6-15(14-11)7-5-13-2/h3-4,6,8-9,13-14H,5,7H2,1-2H3. The van der Waals surface area contributed by atoms with Crippen molar-refractivity contribution < 1.29 is 0 Å². The van der Waals surface area contributed by atoms with Crippen molar-refractivity contribution in [2.75, 3.05) is 20.1 Å². The van der Waals surface area contributed by atoms with E-state index in [1.165, 1.54) is 16.1 Å². The van der Waals surface area contributed by atoms with Gasteiger partial charge in [0.05, 0.1) is 17.1 Å². The van der Waals surface area contributed by atoms with Gasteiger partial charge < -0.3 is 5.32 Å². The van der Waals surface area contributed by atoms with Gasteiger partial charge in [-0.3, -0.25) is 10.4 Å². The number of hydrogen-bond donors (Lipinski definition) is 2. The number of allylic oxidation sites excluding steroid dienone is 2. The lowest BCUT2D eigenvalue weighted by atomic mass is 10.2. The van der Waals surface area contributed by atoms with E-state index in [1.807, 2.05) is 7.05 Å². The Labute approximate surface area is 100 Å². The molecule has 2 rings (SSSR count). The molecule has 0 aromatic carbocycles. The van der Waals surface area contributed by atoms with Crippen molar-refractivity contribution in [3.05, 3.63) is 40.2 Å². The second-order valence-corrected chi connectivity index (χ2v) is 4.73. The summed E-state index contributed by atoms with van der Waals surface area (Å²) >= 11 is 1.77. The second kappa shape index (κ2) is 5.18. The molecule has 0 saturated heterocycles. The molecule has 0 unspecified atom stereocenters. The highest BCUT2D eigenvalue weighted by molar-refractivity contribution is 7.11. The minimum absolute atomic E-state index is 0.953. The highest BCUT2D eigenvalue weighted by Crippen LogP contribution is 2.22. The van der Waals surface area contributed by atoms with Crippen molar-refractivity contribution in [1.82, 2.24) is 15.8 Å². The zero-order valence-corrected chi connectivity index (χ0v) is 10.5. The summed E-state index contributed by atoms with van der Waals surface area (Å²) in [5.74, 6) is 0. The Bertz CT molecular complexity index is 406. The number of hydrogen-bond acceptors (Lipinski definition) is 4. The van der Waals surface area contributed by atoms with Crippen LogP contribution in [-0.4, -0.2) is 25.1 Å². The van der Waals surface area contributed by atoms with E-state index in [0.717, 1.165) is 13.1 Å². The van der Waals surface area contributed by atoms with E-state index in [9.17, 15) is 0 Å². The summed E-state index contributed by atoms with van der Waals surface area (Å²) < 4.78 is 0. The van der Waals surface area contributed by atoms with Gasteiger partial charge in [0.15, 0.2) is 0 Å². The predicted octanol–water partition coefficient (Wildman–Crippen LogP) is 1.95. The summed E-state index contributed by atoms with van der Waals surface area (Å²) in [6.45, 7) is 4.04. The molecule has 0 amide bonds. The number of likely N-dealkylation sites (N-methyl/N-ethyl adjacent to an activating group) is 1. The van der Waals surface area contributed by atoms with Crippen LogP contribution in [0.2, 0.25) is 0 Å². The molecule has 0 aliphatic carbocycles. The molecule has 16 heavy (non-hydrogen) atoms. The van der Waals surface area contributed by atoms with E-state index in [2.05, 4.69) is 52.5 Å². The quantitative estimate of drug-likeness (QED) is 0.835. The summed E-state index contributed by atoms with van der Waals surface area (Å²) in [7, 11) is 1.97. The summed E-state index contributed by atoms with van der Waals surface area (Å²) in [4.78, 5) is 1.29. The summed E-state index contributed by atoms with van der Waals surface area (Å²) in [6, 6.07) is 2.21. The summed E-state index contributed by atoms with van der Waals surface area (Å²) in [5.41, 5.74) is 5.89. The van der Waals surface area contributed by atoms with Crippen LogP contribution in [0, 0.1) is 6.92 Å². The zero-order valence-electron chi connectivity index (χ0n) is 9.66. The molecule has 1 aromatic rings. The van der Waals surface area contributed by atoms with E-state index in [-0.39, 0.29) is 0 Å². The van der Waals surface area contributed by atoms with Crippen molar-refractivity contribution in [2.24, 2.45) is 0 Å². The molecule has 4 heteroatoms. The highest BCUT2D eigenvalue weighted by Gasteiger charge is 2.09. The monoisotopic (exact) mass is 235 g/mol. The third-order valence-electron chi connectivity index (χ3n) is 2.39.